The first-order valence-corrected chi connectivity index (χ1v) is 14.7. The van der Waals surface area contributed by atoms with Gasteiger partial charge in [-0.2, -0.15) is 0 Å². The predicted molar refractivity (Wildman–Crippen MR) is 123 cm³/mol. The second-order valence-corrected chi connectivity index (χ2v) is 13.6. The van der Waals surface area contributed by atoms with Gasteiger partial charge in [0.05, 0.1) is 6.61 Å². The standard InChI is InChI=1S/C24H36N2O3Si/c1-19(29-30(2,3)4)9-5-6-10-20-17-25-24(26-18-20)21-12-14-22(15-13-21)28-23-11-7-8-16-27-23/h12-15,17-19,23H,5-11,16H2,1-4H3. The first kappa shape index (κ1) is 22.9. The number of nitrogens with zero attached hydrogens (tertiary/aromatic N) is 2. The van der Waals surface area contributed by atoms with Crippen LogP contribution in [0.15, 0.2) is 36.7 Å². The first-order valence-electron chi connectivity index (χ1n) is 11.3. The van der Waals surface area contributed by atoms with Gasteiger partial charge in [-0.3, -0.25) is 0 Å². The molecule has 0 radical (unpaired) electrons. The molecule has 0 spiro atoms. The monoisotopic (exact) mass is 428 g/mol. The molecule has 2 atom stereocenters. The van der Waals surface area contributed by atoms with Crippen LogP contribution in [0.3, 0.4) is 0 Å². The SMILES string of the molecule is CC(CCCCc1cnc(-c2ccc(OC3CCCCO3)cc2)nc1)O[Si](C)(C)C. The number of aryl methyl sites for hydroxylation is 1. The zero-order chi connectivity index (χ0) is 21.4. The van der Waals surface area contributed by atoms with E-state index < -0.39 is 8.32 Å². The van der Waals surface area contributed by atoms with E-state index in [1.807, 2.05) is 36.7 Å². The van der Waals surface area contributed by atoms with Crippen LogP contribution in [0.1, 0.15) is 51.0 Å². The molecule has 0 aliphatic carbocycles. The Morgan fingerprint density at radius 3 is 2.43 bits per heavy atom. The molecule has 0 bridgehead atoms. The highest BCUT2D eigenvalue weighted by Gasteiger charge is 2.18. The van der Waals surface area contributed by atoms with E-state index in [4.69, 9.17) is 13.9 Å². The predicted octanol–water partition coefficient (Wildman–Crippen LogP) is 6.00. The van der Waals surface area contributed by atoms with E-state index in [1.165, 1.54) is 12.0 Å². The van der Waals surface area contributed by atoms with Crippen LogP contribution < -0.4 is 4.74 Å². The molecule has 0 amide bonds. The van der Waals surface area contributed by atoms with Gasteiger partial charge < -0.3 is 13.9 Å². The van der Waals surface area contributed by atoms with Crippen molar-refractivity contribution in [1.29, 1.82) is 0 Å². The van der Waals surface area contributed by atoms with Crippen LogP contribution in [0.4, 0.5) is 0 Å². The summed E-state index contributed by atoms with van der Waals surface area (Å²) in [6.07, 6.45) is 11.8. The Balaban J connectivity index is 1.43. The van der Waals surface area contributed by atoms with Crippen LogP contribution in [0.2, 0.25) is 19.6 Å². The summed E-state index contributed by atoms with van der Waals surface area (Å²) in [7, 11) is -1.43. The molecular formula is C24H36N2O3Si. The molecule has 1 aliphatic heterocycles. The maximum absolute atomic E-state index is 6.10. The maximum Gasteiger partial charge on any atom is 0.199 e. The minimum absolute atomic E-state index is 0.120. The first-order chi connectivity index (χ1) is 14.4. The van der Waals surface area contributed by atoms with Crippen molar-refractivity contribution < 1.29 is 13.9 Å². The molecular weight excluding hydrogens is 392 g/mol. The summed E-state index contributed by atoms with van der Waals surface area (Å²) >= 11 is 0. The Hall–Kier alpha value is -1.76. The van der Waals surface area contributed by atoms with Crippen LogP contribution in [0.25, 0.3) is 11.4 Å². The van der Waals surface area contributed by atoms with Gasteiger partial charge in [0.15, 0.2) is 20.4 Å². The Kier molecular flexibility index (Phi) is 8.42. The third kappa shape index (κ3) is 7.82. The fraction of sp³-hybridized carbons (Fsp3) is 0.583. The second-order valence-electron chi connectivity index (χ2n) is 9.14. The molecule has 164 valence electrons. The molecule has 0 N–H and O–H groups in total. The van der Waals surface area contributed by atoms with Crippen LogP contribution >= 0.6 is 0 Å². The van der Waals surface area contributed by atoms with E-state index in [0.717, 1.165) is 62.3 Å². The van der Waals surface area contributed by atoms with E-state index in [9.17, 15) is 0 Å². The normalized spacial score (nSPS) is 18.2. The van der Waals surface area contributed by atoms with Crippen molar-refractivity contribution in [2.75, 3.05) is 6.61 Å². The minimum atomic E-state index is -1.43. The van der Waals surface area contributed by atoms with Crippen LogP contribution in [-0.2, 0) is 15.6 Å². The van der Waals surface area contributed by atoms with E-state index in [2.05, 4.69) is 36.5 Å². The average molecular weight is 429 g/mol. The van der Waals surface area contributed by atoms with Gasteiger partial charge in [0.25, 0.3) is 0 Å². The molecule has 2 aromatic rings. The zero-order valence-corrected chi connectivity index (χ0v) is 19.9. The molecule has 1 saturated heterocycles. The Labute approximate surface area is 182 Å². The lowest BCUT2D eigenvalue weighted by atomic mass is 10.1. The highest BCUT2D eigenvalue weighted by atomic mass is 28.4. The average Bonchev–Trinajstić information content (AvgIpc) is 2.72. The summed E-state index contributed by atoms with van der Waals surface area (Å²) in [4.78, 5) is 9.12. The molecule has 2 heterocycles. The minimum Gasteiger partial charge on any atom is -0.465 e. The third-order valence-electron chi connectivity index (χ3n) is 5.10. The van der Waals surface area contributed by atoms with Gasteiger partial charge >= 0.3 is 0 Å². The highest BCUT2D eigenvalue weighted by molar-refractivity contribution is 6.69. The van der Waals surface area contributed by atoms with Gasteiger partial charge in [0.1, 0.15) is 5.75 Å². The van der Waals surface area contributed by atoms with Gasteiger partial charge in [-0.15, -0.1) is 0 Å². The quantitative estimate of drug-likeness (QED) is 0.343. The van der Waals surface area contributed by atoms with Crippen molar-refractivity contribution >= 4 is 8.32 Å². The Morgan fingerprint density at radius 2 is 1.80 bits per heavy atom. The lowest BCUT2D eigenvalue weighted by molar-refractivity contribution is -0.105. The maximum atomic E-state index is 6.10. The fourth-order valence-corrected chi connectivity index (χ4v) is 5.02. The van der Waals surface area contributed by atoms with Crippen LogP contribution in [-0.4, -0.2) is 37.3 Å². The zero-order valence-electron chi connectivity index (χ0n) is 18.9. The summed E-state index contributed by atoms with van der Waals surface area (Å²) in [5.74, 6) is 1.57. The smallest absolute Gasteiger partial charge is 0.199 e. The molecule has 5 nitrogen and oxygen atoms in total. The summed E-state index contributed by atoms with van der Waals surface area (Å²) in [5, 5.41) is 0. The topological polar surface area (TPSA) is 53.5 Å². The molecule has 1 aliphatic rings. The Bertz CT molecular complexity index is 754. The van der Waals surface area contributed by atoms with E-state index >= 15 is 0 Å². The van der Waals surface area contributed by atoms with E-state index in [1.54, 1.807) is 0 Å². The van der Waals surface area contributed by atoms with Gasteiger partial charge in [0, 0.05) is 30.5 Å². The van der Waals surface area contributed by atoms with Gasteiger partial charge in [-0.1, -0.05) is 6.42 Å². The molecule has 6 heteroatoms. The molecule has 1 aromatic heterocycles. The lowest BCUT2D eigenvalue weighted by Crippen LogP contribution is -2.30. The molecule has 2 unspecified atom stereocenters. The van der Waals surface area contributed by atoms with Gasteiger partial charge in [-0.05, 0) is 88.5 Å². The molecule has 1 aromatic carbocycles. The van der Waals surface area contributed by atoms with E-state index in [-0.39, 0.29) is 6.29 Å². The largest absolute Gasteiger partial charge is 0.465 e. The molecule has 1 fully saturated rings. The molecule has 0 saturated carbocycles. The summed E-state index contributed by atoms with van der Waals surface area (Å²) < 4.78 is 17.6. The van der Waals surface area contributed by atoms with Crippen molar-refractivity contribution in [2.45, 2.75) is 83.9 Å². The van der Waals surface area contributed by atoms with Crippen molar-refractivity contribution in [3.05, 3.63) is 42.2 Å². The van der Waals surface area contributed by atoms with Gasteiger partial charge in [0.2, 0.25) is 0 Å². The molecule has 30 heavy (non-hydrogen) atoms. The van der Waals surface area contributed by atoms with Crippen molar-refractivity contribution in [3.8, 4) is 17.1 Å². The third-order valence-corrected chi connectivity index (χ3v) is 6.21. The van der Waals surface area contributed by atoms with Crippen molar-refractivity contribution in [1.82, 2.24) is 9.97 Å². The highest BCUT2D eigenvalue weighted by Crippen LogP contribution is 2.23. The fourth-order valence-electron chi connectivity index (χ4n) is 3.69. The van der Waals surface area contributed by atoms with Crippen molar-refractivity contribution in [3.63, 3.8) is 0 Å². The number of aromatic nitrogens is 2. The number of hydrogen-bond donors (Lipinski definition) is 0. The van der Waals surface area contributed by atoms with Crippen LogP contribution in [0.5, 0.6) is 5.75 Å². The van der Waals surface area contributed by atoms with Gasteiger partial charge in [-0.25, -0.2) is 9.97 Å². The lowest BCUT2D eigenvalue weighted by Gasteiger charge is -2.23. The number of rotatable bonds is 10. The molecule has 3 rings (SSSR count). The number of unbranched alkanes of at least 4 members (excludes halogenated alkanes) is 1. The second kappa shape index (κ2) is 11.0. The number of hydrogen-bond acceptors (Lipinski definition) is 5. The summed E-state index contributed by atoms with van der Waals surface area (Å²) in [6.45, 7) is 9.71. The van der Waals surface area contributed by atoms with Crippen molar-refractivity contribution in [2.24, 2.45) is 0 Å². The Morgan fingerprint density at radius 1 is 1.07 bits per heavy atom. The van der Waals surface area contributed by atoms with Crippen LogP contribution in [0, 0.1) is 0 Å². The summed E-state index contributed by atoms with van der Waals surface area (Å²) in [6, 6.07) is 7.95. The number of ether oxygens (including phenoxy) is 2. The van der Waals surface area contributed by atoms with E-state index in [0.29, 0.717) is 6.10 Å². The summed E-state index contributed by atoms with van der Waals surface area (Å²) in [5.41, 5.74) is 2.18. The number of benzene rings is 1.